The van der Waals surface area contributed by atoms with Crippen molar-refractivity contribution >= 4 is 17.6 Å². The highest BCUT2D eigenvalue weighted by Crippen LogP contribution is 2.22. The van der Waals surface area contributed by atoms with E-state index in [1.807, 2.05) is 16.3 Å². The van der Waals surface area contributed by atoms with Crippen molar-refractivity contribution in [2.24, 2.45) is 0 Å². The summed E-state index contributed by atoms with van der Waals surface area (Å²) in [6.07, 6.45) is 6.29. The lowest BCUT2D eigenvalue weighted by molar-refractivity contribution is 0.690. The van der Waals surface area contributed by atoms with Gasteiger partial charge in [-0.2, -0.15) is 11.8 Å². The van der Waals surface area contributed by atoms with Crippen molar-refractivity contribution in [1.29, 1.82) is 0 Å². The second-order valence-electron chi connectivity index (χ2n) is 4.19. The fraction of sp³-hybridized carbons (Fsp3) is 0.615. The molecule has 3 nitrogen and oxygen atoms in total. The minimum absolute atomic E-state index is 0.346. The van der Waals surface area contributed by atoms with Gasteiger partial charge in [0, 0.05) is 12.3 Å². The minimum Gasteiger partial charge on any atom is -0.384 e. The summed E-state index contributed by atoms with van der Waals surface area (Å²) in [5.74, 6) is 6.91. The van der Waals surface area contributed by atoms with Gasteiger partial charge in [-0.25, -0.2) is 4.98 Å². The van der Waals surface area contributed by atoms with E-state index in [1.54, 1.807) is 0 Å². The van der Waals surface area contributed by atoms with Gasteiger partial charge in [0.2, 0.25) is 0 Å². The average Bonchev–Trinajstić information content (AvgIpc) is 2.59. The molecule has 0 bridgehead atoms. The molecule has 17 heavy (non-hydrogen) atoms. The molecular formula is C13H21N3S. The van der Waals surface area contributed by atoms with Crippen LogP contribution in [0.3, 0.4) is 0 Å². The molecule has 0 aliphatic carbocycles. The first-order valence-electron chi connectivity index (χ1n) is 5.97. The molecule has 1 rings (SSSR count). The Balaban J connectivity index is 2.92. The van der Waals surface area contributed by atoms with Crippen molar-refractivity contribution in [3.63, 3.8) is 0 Å². The molecule has 0 aromatic carbocycles. The predicted octanol–water partition coefficient (Wildman–Crippen LogP) is 2.52. The first-order chi connectivity index (χ1) is 8.11. The summed E-state index contributed by atoms with van der Waals surface area (Å²) in [5, 5.41) is 0. The molecule has 1 heterocycles. The number of aromatic nitrogens is 2. The number of imidazole rings is 1. The maximum Gasteiger partial charge on any atom is 0.127 e. The van der Waals surface area contributed by atoms with Crippen LogP contribution in [-0.4, -0.2) is 21.1 Å². The standard InChI is InChI=1S/C13H21N3S/c1-5-8-16-12(14)11(7-9-17-6-2)15-13(16)10(3)4/h1,10H,6-9,14H2,2-4H3. The molecule has 1 aromatic heterocycles. The van der Waals surface area contributed by atoms with Crippen LogP contribution in [0.4, 0.5) is 5.82 Å². The third-order valence-corrected chi connectivity index (χ3v) is 3.47. The number of rotatable bonds is 6. The van der Waals surface area contributed by atoms with Crippen LogP contribution in [0.5, 0.6) is 0 Å². The molecule has 0 spiro atoms. The number of thioether (sulfide) groups is 1. The van der Waals surface area contributed by atoms with Gasteiger partial charge < -0.3 is 10.3 Å². The molecular weight excluding hydrogens is 230 g/mol. The first-order valence-corrected chi connectivity index (χ1v) is 7.13. The monoisotopic (exact) mass is 251 g/mol. The predicted molar refractivity (Wildman–Crippen MR) is 76.3 cm³/mol. The summed E-state index contributed by atoms with van der Waals surface area (Å²) in [7, 11) is 0. The van der Waals surface area contributed by atoms with E-state index < -0.39 is 0 Å². The molecule has 0 fully saturated rings. The van der Waals surface area contributed by atoms with Crippen LogP contribution in [0, 0.1) is 12.3 Å². The Morgan fingerprint density at radius 1 is 1.53 bits per heavy atom. The molecule has 0 amide bonds. The van der Waals surface area contributed by atoms with E-state index in [-0.39, 0.29) is 0 Å². The van der Waals surface area contributed by atoms with Crippen LogP contribution in [-0.2, 0) is 13.0 Å². The normalized spacial score (nSPS) is 10.8. The molecule has 1 aromatic rings. The lowest BCUT2D eigenvalue weighted by Gasteiger charge is -2.08. The molecule has 2 N–H and O–H groups in total. The topological polar surface area (TPSA) is 43.8 Å². The summed E-state index contributed by atoms with van der Waals surface area (Å²) in [5.41, 5.74) is 7.10. The molecule has 0 saturated carbocycles. The Bertz CT molecular complexity index is 402. The van der Waals surface area contributed by atoms with E-state index in [1.165, 1.54) is 0 Å². The number of nitrogen functional groups attached to an aromatic ring is 1. The highest BCUT2D eigenvalue weighted by Gasteiger charge is 2.15. The van der Waals surface area contributed by atoms with Crippen molar-refractivity contribution < 1.29 is 0 Å². The van der Waals surface area contributed by atoms with Gasteiger partial charge in [0.25, 0.3) is 0 Å². The Morgan fingerprint density at radius 3 is 2.76 bits per heavy atom. The zero-order chi connectivity index (χ0) is 12.8. The van der Waals surface area contributed by atoms with Crippen molar-refractivity contribution in [2.75, 3.05) is 17.2 Å². The van der Waals surface area contributed by atoms with E-state index in [4.69, 9.17) is 12.2 Å². The van der Waals surface area contributed by atoms with Gasteiger partial charge in [-0.15, -0.1) is 6.42 Å². The Labute approximate surface area is 108 Å². The van der Waals surface area contributed by atoms with Gasteiger partial charge in [-0.1, -0.05) is 26.7 Å². The largest absolute Gasteiger partial charge is 0.384 e. The number of terminal acetylenes is 1. The smallest absolute Gasteiger partial charge is 0.127 e. The van der Waals surface area contributed by atoms with Crippen LogP contribution >= 0.6 is 11.8 Å². The summed E-state index contributed by atoms with van der Waals surface area (Å²) in [4.78, 5) is 4.63. The van der Waals surface area contributed by atoms with Crippen molar-refractivity contribution in [2.45, 2.75) is 39.7 Å². The highest BCUT2D eigenvalue weighted by atomic mass is 32.2. The molecule has 0 radical (unpaired) electrons. The maximum atomic E-state index is 6.11. The number of nitrogens with zero attached hydrogens (tertiary/aromatic N) is 2. The van der Waals surface area contributed by atoms with E-state index in [2.05, 4.69) is 31.7 Å². The van der Waals surface area contributed by atoms with Gasteiger partial charge in [-0.05, 0) is 11.5 Å². The van der Waals surface area contributed by atoms with Crippen molar-refractivity contribution in [3.8, 4) is 12.3 Å². The number of anilines is 1. The van der Waals surface area contributed by atoms with Gasteiger partial charge in [-0.3, -0.25) is 0 Å². The van der Waals surface area contributed by atoms with Crippen LogP contribution in [0.15, 0.2) is 0 Å². The lowest BCUT2D eigenvalue weighted by atomic mass is 10.2. The fourth-order valence-corrected chi connectivity index (χ4v) is 2.36. The second kappa shape index (κ2) is 6.61. The minimum atomic E-state index is 0.346. The Morgan fingerprint density at radius 2 is 2.24 bits per heavy atom. The summed E-state index contributed by atoms with van der Waals surface area (Å²) in [6.45, 7) is 6.89. The van der Waals surface area contributed by atoms with E-state index in [0.29, 0.717) is 12.5 Å². The lowest BCUT2D eigenvalue weighted by Crippen LogP contribution is -2.07. The van der Waals surface area contributed by atoms with Gasteiger partial charge in [0.1, 0.15) is 11.6 Å². The van der Waals surface area contributed by atoms with Crippen molar-refractivity contribution in [3.05, 3.63) is 11.5 Å². The molecule has 94 valence electrons. The zero-order valence-corrected chi connectivity index (χ0v) is 11.7. The van der Waals surface area contributed by atoms with E-state index in [9.17, 15) is 0 Å². The molecule has 0 unspecified atom stereocenters. The average molecular weight is 251 g/mol. The van der Waals surface area contributed by atoms with Gasteiger partial charge >= 0.3 is 0 Å². The SMILES string of the molecule is C#CCn1c(C(C)C)nc(CCSCC)c1N. The van der Waals surface area contributed by atoms with Crippen LogP contribution in [0.2, 0.25) is 0 Å². The van der Waals surface area contributed by atoms with Crippen LogP contribution < -0.4 is 5.73 Å². The third kappa shape index (κ3) is 3.44. The van der Waals surface area contributed by atoms with Gasteiger partial charge in [0.15, 0.2) is 0 Å². The summed E-state index contributed by atoms with van der Waals surface area (Å²) in [6, 6.07) is 0. The number of hydrogen-bond donors (Lipinski definition) is 1. The van der Waals surface area contributed by atoms with Crippen LogP contribution in [0.25, 0.3) is 0 Å². The van der Waals surface area contributed by atoms with Crippen LogP contribution in [0.1, 0.15) is 38.2 Å². The molecule has 4 heteroatoms. The Hall–Kier alpha value is -1.08. The fourth-order valence-electron chi connectivity index (χ4n) is 1.73. The molecule has 0 aliphatic heterocycles. The molecule has 0 aliphatic rings. The first kappa shape index (κ1) is 14.0. The summed E-state index contributed by atoms with van der Waals surface area (Å²) < 4.78 is 1.95. The maximum absolute atomic E-state index is 6.11. The van der Waals surface area contributed by atoms with Gasteiger partial charge in [0.05, 0.1) is 12.2 Å². The summed E-state index contributed by atoms with van der Waals surface area (Å²) >= 11 is 1.90. The number of hydrogen-bond acceptors (Lipinski definition) is 3. The Kier molecular flexibility index (Phi) is 5.43. The second-order valence-corrected chi connectivity index (χ2v) is 5.59. The van der Waals surface area contributed by atoms with E-state index >= 15 is 0 Å². The highest BCUT2D eigenvalue weighted by molar-refractivity contribution is 7.99. The van der Waals surface area contributed by atoms with E-state index in [0.717, 1.165) is 35.3 Å². The molecule has 0 atom stereocenters. The number of aryl methyl sites for hydroxylation is 1. The molecule has 0 saturated heterocycles. The third-order valence-electron chi connectivity index (χ3n) is 2.57. The zero-order valence-electron chi connectivity index (χ0n) is 10.9. The number of nitrogens with two attached hydrogens (primary N) is 1. The quantitative estimate of drug-likeness (QED) is 0.624. The van der Waals surface area contributed by atoms with Crippen molar-refractivity contribution in [1.82, 2.24) is 9.55 Å².